The summed E-state index contributed by atoms with van der Waals surface area (Å²) in [5.41, 5.74) is 4.78. The molecule has 0 atom stereocenters. The molecule has 0 aromatic rings. The molecule has 2 amide bonds. The van der Waals surface area contributed by atoms with Gasteiger partial charge in [-0.2, -0.15) is 5.26 Å². The summed E-state index contributed by atoms with van der Waals surface area (Å²) in [5.74, 6) is -0.375. The number of likely N-dealkylation sites (N-methyl/N-ethyl adjacent to an activating group) is 1. The van der Waals surface area contributed by atoms with Gasteiger partial charge in [0.15, 0.2) is 0 Å². The summed E-state index contributed by atoms with van der Waals surface area (Å²) in [4.78, 5) is 27.7. The lowest BCUT2D eigenvalue weighted by atomic mass is 9.94. The third-order valence-electron chi connectivity index (χ3n) is 4.08. The van der Waals surface area contributed by atoms with Crippen LogP contribution in [0.2, 0.25) is 0 Å². The molecule has 0 aromatic carbocycles. The van der Waals surface area contributed by atoms with Crippen molar-refractivity contribution in [3.63, 3.8) is 0 Å². The van der Waals surface area contributed by atoms with Crippen molar-refractivity contribution in [3.8, 4) is 6.07 Å². The van der Waals surface area contributed by atoms with E-state index >= 15 is 0 Å². The Morgan fingerprint density at radius 3 is 2.36 bits per heavy atom. The highest BCUT2D eigenvalue weighted by molar-refractivity contribution is 5.97. The van der Waals surface area contributed by atoms with Crippen molar-refractivity contribution < 1.29 is 14.3 Å². The van der Waals surface area contributed by atoms with Crippen LogP contribution in [0, 0.1) is 11.3 Å². The predicted molar refractivity (Wildman–Crippen MR) is 95.3 cm³/mol. The monoisotopic (exact) mass is 350 g/mol. The highest BCUT2D eigenvalue weighted by Crippen LogP contribution is 2.22. The molecule has 0 unspecified atom stereocenters. The SMILES string of the molecule is CN(C(=O)/C(C#N)=C\N(CCN)C(=O)OC(C)(C)C)C1CCCCC1. The van der Waals surface area contributed by atoms with Gasteiger partial charge in [-0.05, 0) is 33.6 Å². The van der Waals surface area contributed by atoms with Crippen molar-refractivity contribution in [2.24, 2.45) is 5.73 Å². The molecule has 1 saturated carbocycles. The Morgan fingerprint density at radius 2 is 1.88 bits per heavy atom. The number of carbonyl (C=O) groups is 2. The normalized spacial score (nSPS) is 16.1. The second-order valence-corrected chi connectivity index (χ2v) is 7.32. The maximum absolute atomic E-state index is 12.6. The predicted octanol–water partition coefficient (Wildman–Crippen LogP) is 2.38. The van der Waals surface area contributed by atoms with E-state index in [4.69, 9.17) is 10.5 Å². The quantitative estimate of drug-likeness (QED) is 0.606. The molecule has 7 heteroatoms. The van der Waals surface area contributed by atoms with Crippen molar-refractivity contribution in [2.45, 2.75) is 64.5 Å². The molecule has 0 heterocycles. The van der Waals surface area contributed by atoms with E-state index in [2.05, 4.69) is 0 Å². The fourth-order valence-corrected chi connectivity index (χ4v) is 2.78. The summed E-state index contributed by atoms with van der Waals surface area (Å²) in [7, 11) is 1.71. The Balaban J connectivity index is 2.93. The molecule has 1 aliphatic rings. The topological polar surface area (TPSA) is 99.7 Å². The number of amides is 2. The standard InChI is InChI=1S/C18H30N4O3/c1-18(2,3)25-17(24)22(11-10-19)13-14(12-20)16(23)21(4)15-8-6-5-7-9-15/h13,15H,5-11,19H2,1-4H3/b14-13-. The van der Waals surface area contributed by atoms with Crippen molar-refractivity contribution in [3.05, 3.63) is 11.8 Å². The highest BCUT2D eigenvalue weighted by Gasteiger charge is 2.26. The average molecular weight is 350 g/mol. The van der Waals surface area contributed by atoms with Gasteiger partial charge >= 0.3 is 6.09 Å². The number of carbonyl (C=O) groups excluding carboxylic acids is 2. The number of nitriles is 1. The number of hydrogen-bond donors (Lipinski definition) is 1. The van der Waals surface area contributed by atoms with Crippen molar-refractivity contribution in [1.82, 2.24) is 9.80 Å². The molecule has 0 spiro atoms. The largest absolute Gasteiger partial charge is 0.443 e. The number of ether oxygens (including phenoxy) is 1. The van der Waals surface area contributed by atoms with E-state index in [-0.39, 0.29) is 30.6 Å². The Morgan fingerprint density at radius 1 is 1.28 bits per heavy atom. The summed E-state index contributed by atoms with van der Waals surface area (Å²) in [6.45, 7) is 5.62. The van der Waals surface area contributed by atoms with Gasteiger partial charge in [0.1, 0.15) is 17.2 Å². The minimum absolute atomic E-state index is 0.0904. The molecule has 2 N–H and O–H groups in total. The second kappa shape index (κ2) is 9.42. The van der Waals surface area contributed by atoms with Crippen LogP contribution >= 0.6 is 0 Å². The first-order valence-corrected chi connectivity index (χ1v) is 8.78. The molecular weight excluding hydrogens is 320 g/mol. The van der Waals surface area contributed by atoms with Gasteiger partial charge < -0.3 is 15.4 Å². The van der Waals surface area contributed by atoms with Gasteiger partial charge in [0, 0.05) is 32.4 Å². The maximum Gasteiger partial charge on any atom is 0.414 e. The molecule has 0 aromatic heterocycles. The van der Waals surface area contributed by atoms with Gasteiger partial charge in [-0.3, -0.25) is 9.69 Å². The summed E-state index contributed by atoms with van der Waals surface area (Å²) in [6, 6.07) is 2.05. The second-order valence-electron chi connectivity index (χ2n) is 7.32. The number of nitrogens with zero attached hydrogens (tertiary/aromatic N) is 3. The maximum atomic E-state index is 12.6. The lowest BCUT2D eigenvalue weighted by Gasteiger charge is -2.31. The number of nitrogens with two attached hydrogens (primary N) is 1. The molecule has 0 bridgehead atoms. The van der Waals surface area contributed by atoms with Gasteiger partial charge in [-0.15, -0.1) is 0 Å². The third kappa shape index (κ3) is 6.75. The van der Waals surface area contributed by atoms with E-state index in [0.717, 1.165) is 25.7 Å². The van der Waals surface area contributed by atoms with Gasteiger partial charge in [-0.1, -0.05) is 19.3 Å². The molecule has 25 heavy (non-hydrogen) atoms. The van der Waals surface area contributed by atoms with E-state index in [9.17, 15) is 14.9 Å². The summed E-state index contributed by atoms with van der Waals surface area (Å²) < 4.78 is 5.31. The zero-order valence-corrected chi connectivity index (χ0v) is 15.7. The zero-order chi connectivity index (χ0) is 19.0. The minimum atomic E-state index is -0.673. The first-order valence-electron chi connectivity index (χ1n) is 8.78. The number of rotatable bonds is 5. The van der Waals surface area contributed by atoms with Crippen molar-refractivity contribution in [2.75, 3.05) is 20.1 Å². The third-order valence-corrected chi connectivity index (χ3v) is 4.08. The molecule has 7 nitrogen and oxygen atoms in total. The Kier molecular flexibility index (Phi) is 7.91. The summed E-state index contributed by atoms with van der Waals surface area (Å²) in [5, 5.41) is 9.40. The molecule has 1 aliphatic carbocycles. The molecule has 1 rings (SSSR count). The van der Waals surface area contributed by atoms with E-state index in [1.165, 1.54) is 17.5 Å². The van der Waals surface area contributed by atoms with E-state index in [1.54, 1.807) is 32.7 Å². The van der Waals surface area contributed by atoms with E-state index in [1.807, 2.05) is 6.07 Å². The van der Waals surface area contributed by atoms with Crippen LogP contribution in [0.15, 0.2) is 11.8 Å². The van der Waals surface area contributed by atoms with Gasteiger partial charge in [0.2, 0.25) is 0 Å². The van der Waals surface area contributed by atoms with E-state index < -0.39 is 11.7 Å². The molecule has 0 aliphatic heterocycles. The molecule has 140 valence electrons. The molecular formula is C18H30N4O3. The smallest absolute Gasteiger partial charge is 0.414 e. The van der Waals surface area contributed by atoms with Crippen LogP contribution in [-0.2, 0) is 9.53 Å². The molecule has 1 fully saturated rings. The molecule has 0 saturated heterocycles. The van der Waals surface area contributed by atoms with Gasteiger partial charge in [-0.25, -0.2) is 4.79 Å². The zero-order valence-electron chi connectivity index (χ0n) is 15.7. The molecule has 0 radical (unpaired) electrons. The Labute approximate surface area is 150 Å². The van der Waals surface area contributed by atoms with Crippen LogP contribution < -0.4 is 5.73 Å². The van der Waals surface area contributed by atoms with Crippen LogP contribution in [0.4, 0.5) is 4.79 Å². The van der Waals surface area contributed by atoms with Crippen LogP contribution in [0.25, 0.3) is 0 Å². The number of hydrogen-bond acceptors (Lipinski definition) is 5. The van der Waals surface area contributed by atoms with Crippen molar-refractivity contribution in [1.29, 1.82) is 5.26 Å². The van der Waals surface area contributed by atoms with Gasteiger partial charge in [0.25, 0.3) is 5.91 Å². The van der Waals surface area contributed by atoms with Crippen LogP contribution in [0.3, 0.4) is 0 Å². The summed E-state index contributed by atoms with van der Waals surface area (Å²) in [6.07, 6.45) is 5.87. The van der Waals surface area contributed by atoms with E-state index in [0.29, 0.717) is 0 Å². The first-order chi connectivity index (χ1) is 11.7. The Hall–Kier alpha value is -2.07. The fraction of sp³-hybridized carbons (Fsp3) is 0.722. The van der Waals surface area contributed by atoms with Gasteiger partial charge in [0.05, 0.1) is 0 Å². The summed E-state index contributed by atoms with van der Waals surface area (Å²) >= 11 is 0. The van der Waals surface area contributed by atoms with Crippen LogP contribution in [0.1, 0.15) is 52.9 Å². The van der Waals surface area contributed by atoms with Crippen LogP contribution in [0.5, 0.6) is 0 Å². The van der Waals surface area contributed by atoms with Crippen molar-refractivity contribution >= 4 is 12.0 Å². The lowest BCUT2D eigenvalue weighted by molar-refractivity contribution is -0.128. The Bertz CT molecular complexity index is 540. The van der Waals surface area contributed by atoms with Crippen LogP contribution in [-0.4, -0.2) is 53.6 Å². The lowest BCUT2D eigenvalue weighted by Crippen LogP contribution is -2.40. The minimum Gasteiger partial charge on any atom is -0.443 e. The average Bonchev–Trinajstić information content (AvgIpc) is 2.56. The fourth-order valence-electron chi connectivity index (χ4n) is 2.78. The highest BCUT2D eigenvalue weighted by atomic mass is 16.6. The first kappa shape index (κ1) is 21.0.